The van der Waals surface area contributed by atoms with E-state index in [-0.39, 0.29) is 11.5 Å². The van der Waals surface area contributed by atoms with Gasteiger partial charge in [0.15, 0.2) is 0 Å². The lowest BCUT2D eigenvalue weighted by molar-refractivity contribution is -0.142. The molecule has 2 rings (SSSR count). The van der Waals surface area contributed by atoms with E-state index < -0.39 is 35.8 Å². The van der Waals surface area contributed by atoms with Gasteiger partial charge in [-0.15, -0.1) is 0 Å². The third kappa shape index (κ3) is 7.45. The second-order valence-corrected chi connectivity index (χ2v) is 7.44. The molecule has 0 aliphatic carbocycles. The molecule has 9 heteroatoms. The Bertz CT molecular complexity index is 818. The Morgan fingerprint density at radius 3 is 1.39 bits per heavy atom. The first-order valence-electron chi connectivity index (χ1n) is 9.41. The topological polar surface area (TPSA) is 111 Å². The van der Waals surface area contributed by atoms with Crippen LogP contribution in [0.5, 0.6) is 0 Å². The molecular weight excluding hydrogens is 420 g/mol. The fraction of sp³-hybridized carbons (Fsp3) is 0.273. The minimum atomic E-state index is -0.925. The van der Waals surface area contributed by atoms with Crippen LogP contribution in [0.4, 0.5) is 0 Å². The molecule has 2 atom stereocenters. The van der Waals surface area contributed by atoms with Crippen LogP contribution in [0.25, 0.3) is 0 Å². The Morgan fingerprint density at radius 2 is 1.06 bits per heavy atom. The van der Waals surface area contributed by atoms with Crippen molar-refractivity contribution >= 4 is 35.5 Å². The number of thioether (sulfide) groups is 1. The number of nitrogens with one attached hydrogen (secondary N) is 2. The fourth-order valence-corrected chi connectivity index (χ4v) is 3.63. The van der Waals surface area contributed by atoms with E-state index in [4.69, 9.17) is 9.47 Å². The van der Waals surface area contributed by atoms with Gasteiger partial charge < -0.3 is 20.1 Å². The van der Waals surface area contributed by atoms with Crippen molar-refractivity contribution in [3.63, 3.8) is 0 Å². The number of amides is 2. The van der Waals surface area contributed by atoms with Crippen molar-refractivity contribution in [3.05, 3.63) is 71.8 Å². The summed E-state index contributed by atoms with van der Waals surface area (Å²) in [4.78, 5) is 48.9. The van der Waals surface area contributed by atoms with Crippen LogP contribution in [0.2, 0.25) is 0 Å². The van der Waals surface area contributed by atoms with Gasteiger partial charge in [0.2, 0.25) is 0 Å². The Labute approximate surface area is 184 Å². The van der Waals surface area contributed by atoms with Gasteiger partial charge in [0.25, 0.3) is 11.8 Å². The third-order valence-electron chi connectivity index (χ3n) is 4.22. The molecule has 2 amide bonds. The molecule has 2 aromatic rings. The van der Waals surface area contributed by atoms with Gasteiger partial charge >= 0.3 is 11.9 Å². The van der Waals surface area contributed by atoms with Gasteiger partial charge in [-0.05, 0) is 24.3 Å². The summed E-state index contributed by atoms with van der Waals surface area (Å²) >= 11 is 1.20. The Balaban J connectivity index is 1.98. The molecular formula is C22H24N2O6S. The lowest BCUT2D eigenvalue weighted by atomic mass is 10.2. The largest absolute Gasteiger partial charge is 0.467 e. The highest BCUT2D eigenvalue weighted by molar-refractivity contribution is 7.99. The lowest BCUT2D eigenvalue weighted by Crippen LogP contribution is -2.45. The fourth-order valence-electron chi connectivity index (χ4n) is 2.59. The van der Waals surface area contributed by atoms with Gasteiger partial charge in [0.05, 0.1) is 14.2 Å². The lowest BCUT2D eigenvalue weighted by Gasteiger charge is -2.19. The standard InChI is InChI=1S/C22H24N2O6S/c1-29-21(27)17(23-19(25)15-9-5-3-6-10-15)13-31-14-18(22(28)30-2)24-20(26)16-11-7-4-8-12-16/h3-12,17-18H,13-14H2,1-2H3,(H,23,25)(H,24,26)/t17-,18-/m0/s1. The number of ether oxygens (including phenoxy) is 2. The van der Waals surface area contributed by atoms with E-state index >= 15 is 0 Å². The smallest absolute Gasteiger partial charge is 0.329 e. The molecule has 0 radical (unpaired) electrons. The van der Waals surface area contributed by atoms with Crippen molar-refractivity contribution in [2.24, 2.45) is 0 Å². The van der Waals surface area contributed by atoms with Crippen molar-refractivity contribution in [2.45, 2.75) is 12.1 Å². The maximum Gasteiger partial charge on any atom is 0.329 e. The number of carbonyl (C=O) groups excluding carboxylic acids is 4. The normalized spacial score (nSPS) is 12.2. The summed E-state index contributed by atoms with van der Waals surface area (Å²) in [6.45, 7) is 0. The summed E-state index contributed by atoms with van der Waals surface area (Å²) in [6, 6.07) is 15.1. The highest BCUT2D eigenvalue weighted by Crippen LogP contribution is 2.10. The van der Waals surface area contributed by atoms with Gasteiger partial charge in [-0.25, -0.2) is 9.59 Å². The molecule has 8 nitrogen and oxygen atoms in total. The summed E-state index contributed by atoms with van der Waals surface area (Å²) in [5.74, 6) is -1.78. The molecule has 2 aromatic carbocycles. The van der Waals surface area contributed by atoms with Crippen molar-refractivity contribution in [1.29, 1.82) is 0 Å². The maximum atomic E-state index is 12.4. The van der Waals surface area contributed by atoms with Crippen LogP contribution in [0.3, 0.4) is 0 Å². The van der Waals surface area contributed by atoms with E-state index in [2.05, 4.69) is 10.6 Å². The zero-order chi connectivity index (χ0) is 22.6. The van der Waals surface area contributed by atoms with Crippen LogP contribution in [0.1, 0.15) is 20.7 Å². The number of carbonyl (C=O) groups is 4. The molecule has 0 heterocycles. The quantitative estimate of drug-likeness (QED) is 0.536. The average Bonchev–Trinajstić information content (AvgIpc) is 2.82. The van der Waals surface area contributed by atoms with E-state index in [1.54, 1.807) is 60.7 Å². The first-order chi connectivity index (χ1) is 15.0. The zero-order valence-corrected chi connectivity index (χ0v) is 18.0. The Hall–Kier alpha value is -3.33. The summed E-state index contributed by atoms with van der Waals surface area (Å²) < 4.78 is 9.54. The molecule has 0 unspecified atom stereocenters. The van der Waals surface area contributed by atoms with Crippen molar-refractivity contribution in [2.75, 3.05) is 25.7 Å². The number of hydrogen-bond donors (Lipinski definition) is 2. The number of benzene rings is 2. The van der Waals surface area contributed by atoms with E-state index in [0.29, 0.717) is 11.1 Å². The van der Waals surface area contributed by atoms with Gasteiger partial charge in [-0.3, -0.25) is 9.59 Å². The van der Waals surface area contributed by atoms with Crippen LogP contribution >= 0.6 is 11.8 Å². The first-order valence-corrected chi connectivity index (χ1v) is 10.6. The van der Waals surface area contributed by atoms with Crippen LogP contribution in [-0.2, 0) is 19.1 Å². The van der Waals surface area contributed by atoms with Crippen LogP contribution < -0.4 is 10.6 Å². The summed E-state index contributed by atoms with van der Waals surface area (Å²) in [5.41, 5.74) is 0.813. The zero-order valence-electron chi connectivity index (χ0n) is 17.2. The highest BCUT2D eigenvalue weighted by atomic mass is 32.2. The predicted molar refractivity (Wildman–Crippen MR) is 117 cm³/mol. The van der Waals surface area contributed by atoms with Crippen molar-refractivity contribution in [1.82, 2.24) is 10.6 Å². The first kappa shape index (κ1) is 23.9. The predicted octanol–water partition coefficient (Wildman–Crippen LogP) is 1.66. The minimum absolute atomic E-state index is 0.139. The second-order valence-electron chi connectivity index (χ2n) is 6.37. The van der Waals surface area contributed by atoms with E-state index in [0.717, 1.165) is 0 Å². The molecule has 0 saturated carbocycles. The number of hydrogen-bond acceptors (Lipinski definition) is 7. The van der Waals surface area contributed by atoms with Gasteiger partial charge in [0, 0.05) is 22.6 Å². The summed E-state index contributed by atoms with van der Waals surface area (Å²) in [7, 11) is 2.46. The molecule has 0 aliphatic rings. The molecule has 0 aliphatic heterocycles. The molecule has 0 saturated heterocycles. The Morgan fingerprint density at radius 1 is 0.710 bits per heavy atom. The van der Waals surface area contributed by atoms with E-state index in [1.807, 2.05) is 0 Å². The summed E-state index contributed by atoms with van der Waals surface area (Å²) in [5, 5.41) is 5.26. The molecule has 0 fully saturated rings. The minimum Gasteiger partial charge on any atom is -0.467 e. The Kier molecular flexibility index (Phi) is 9.57. The monoisotopic (exact) mass is 444 g/mol. The van der Waals surface area contributed by atoms with E-state index in [9.17, 15) is 19.2 Å². The molecule has 2 N–H and O–H groups in total. The molecule has 164 valence electrons. The van der Waals surface area contributed by atoms with Crippen LogP contribution in [-0.4, -0.2) is 61.6 Å². The average molecular weight is 445 g/mol. The van der Waals surface area contributed by atoms with E-state index in [1.165, 1.54) is 26.0 Å². The second kappa shape index (κ2) is 12.4. The molecule has 0 spiro atoms. The molecule has 0 aromatic heterocycles. The molecule has 31 heavy (non-hydrogen) atoms. The number of methoxy groups -OCH3 is 2. The molecule has 0 bridgehead atoms. The number of rotatable bonds is 10. The summed E-state index contributed by atoms with van der Waals surface area (Å²) in [6.07, 6.45) is 0. The maximum absolute atomic E-state index is 12.4. The SMILES string of the molecule is COC(=O)[C@H](CSC[C@H](NC(=O)c1ccccc1)C(=O)OC)NC(=O)c1ccccc1. The van der Waals surface area contributed by atoms with Crippen LogP contribution in [0.15, 0.2) is 60.7 Å². The van der Waals surface area contributed by atoms with Crippen molar-refractivity contribution < 1.29 is 28.7 Å². The van der Waals surface area contributed by atoms with Gasteiger partial charge in [0.1, 0.15) is 12.1 Å². The third-order valence-corrected chi connectivity index (χ3v) is 5.36. The highest BCUT2D eigenvalue weighted by Gasteiger charge is 2.26. The number of esters is 2. The van der Waals surface area contributed by atoms with Crippen LogP contribution in [0, 0.1) is 0 Å². The van der Waals surface area contributed by atoms with Gasteiger partial charge in [-0.1, -0.05) is 36.4 Å². The van der Waals surface area contributed by atoms with Crippen molar-refractivity contribution in [3.8, 4) is 0 Å². The van der Waals surface area contributed by atoms with Gasteiger partial charge in [-0.2, -0.15) is 11.8 Å².